The minimum absolute atomic E-state index is 0.166. The first kappa shape index (κ1) is 17.0. The molecule has 2 heterocycles. The zero-order valence-electron chi connectivity index (χ0n) is 12.9. The lowest BCUT2D eigenvalue weighted by Crippen LogP contribution is -2.14. The van der Waals surface area contributed by atoms with Crippen LogP contribution in [0, 0.1) is 13.8 Å². The second kappa shape index (κ2) is 6.96. The van der Waals surface area contributed by atoms with Crippen molar-refractivity contribution in [2.75, 3.05) is 11.1 Å². The molecule has 2 aromatic heterocycles. The van der Waals surface area contributed by atoms with E-state index >= 15 is 0 Å². The van der Waals surface area contributed by atoms with Crippen molar-refractivity contribution in [3.8, 4) is 0 Å². The van der Waals surface area contributed by atoms with E-state index in [9.17, 15) is 4.79 Å². The van der Waals surface area contributed by atoms with Gasteiger partial charge in [-0.15, -0.1) is 5.10 Å². The van der Waals surface area contributed by atoms with E-state index in [4.69, 9.17) is 23.2 Å². The van der Waals surface area contributed by atoms with Gasteiger partial charge < -0.3 is 5.32 Å². The fourth-order valence-electron chi connectivity index (χ4n) is 2.16. The molecule has 3 rings (SSSR count). The summed E-state index contributed by atoms with van der Waals surface area (Å²) in [4.78, 5) is 20.7. The minimum Gasteiger partial charge on any atom is -0.325 e. The zero-order chi connectivity index (χ0) is 17.3. The van der Waals surface area contributed by atoms with Gasteiger partial charge in [-0.2, -0.15) is 4.98 Å². The first-order valence-electron chi connectivity index (χ1n) is 7.00. The molecule has 0 aliphatic heterocycles. The van der Waals surface area contributed by atoms with Crippen molar-refractivity contribution in [3.63, 3.8) is 0 Å². The molecule has 0 atom stereocenters. The lowest BCUT2D eigenvalue weighted by atomic mass is 10.3. The third kappa shape index (κ3) is 3.98. The number of carbonyl (C=O) groups is 1. The number of benzene rings is 1. The van der Waals surface area contributed by atoms with Crippen LogP contribution in [0.15, 0.2) is 29.4 Å². The van der Waals surface area contributed by atoms with Crippen LogP contribution >= 0.6 is 35.0 Å². The Labute approximate surface area is 152 Å². The van der Waals surface area contributed by atoms with Gasteiger partial charge >= 0.3 is 0 Å². The predicted octanol–water partition coefficient (Wildman–Crippen LogP) is 3.78. The van der Waals surface area contributed by atoms with Gasteiger partial charge in [0.05, 0.1) is 5.75 Å². The fourth-order valence-corrected chi connectivity index (χ4v) is 3.31. The van der Waals surface area contributed by atoms with Crippen LogP contribution in [-0.2, 0) is 4.79 Å². The summed E-state index contributed by atoms with van der Waals surface area (Å²) in [6.07, 6.45) is 0. The topological polar surface area (TPSA) is 72.2 Å². The number of anilines is 1. The molecular weight excluding hydrogens is 369 g/mol. The lowest BCUT2D eigenvalue weighted by molar-refractivity contribution is -0.113. The van der Waals surface area contributed by atoms with Crippen LogP contribution in [0.2, 0.25) is 10.0 Å². The second-order valence-corrected chi connectivity index (χ2v) is 6.96. The second-order valence-electron chi connectivity index (χ2n) is 5.14. The molecule has 1 amide bonds. The summed E-state index contributed by atoms with van der Waals surface area (Å²) in [6, 6.07) is 6.79. The molecular formula is C15H13Cl2N5OS. The monoisotopic (exact) mass is 381 g/mol. The Balaban J connectivity index is 1.67. The summed E-state index contributed by atoms with van der Waals surface area (Å²) in [6.45, 7) is 3.83. The van der Waals surface area contributed by atoms with E-state index in [1.807, 2.05) is 19.9 Å². The molecule has 0 aliphatic carbocycles. The maximum Gasteiger partial charge on any atom is 0.253 e. The standard InChI is InChI=1S/C15H13Cl2N5OS/c1-8-3-9(2)22-14(18-8)20-15(21-22)24-7-13(23)19-12-5-10(16)4-11(17)6-12/h3-6H,7H2,1-2H3,(H,19,23). The Kier molecular flexibility index (Phi) is 4.93. The van der Waals surface area contributed by atoms with Crippen molar-refractivity contribution in [2.24, 2.45) is 0 Å². The predicted molar refractivity (Wildman–Crippen MR) is 96.1 cm³/mol. The lowest BCUT2D eigenvalue weighted by Gasteiger charge is -2.05. The number of carbonyl (C=O) groups excluding carboxylic acids is 1. The van der Waals surface area contributed by atoms with Crippen molar-refractivity contribution in [2.45, 2.75) is 19.0 Å². The molecule has 0 unspecified atom stereocenters. The van der Waals surface area contributed by atoms with E-state index in [-0.39, 0.29) is 11.7 Å². The van der Waals surface area contributed by atoms with E-state index < -0.39 is 0 Å². The Bertz CT molecular complexity index is 907. The van der Waals surface area contributed by atoms with Gasteiger partial charge in [-0.25, -0.2) is 9.50 Å². The smallest absolute Gasteiger partial charge is 0.253 e. The van der Waals surface area contributed by atoms with Crippen LogP contribution in [0.1, 0.15) is 11.4 Å². The molecule has 1 N–H and O–H groups in total. The maximum absolute atomic E-state index is 12.0. The number of fused-ring (bicyclic) bond motifs is 1. The number of thioether (sulfide) groups is 1. The fraction of sp³-hybridized carbons (Fsp3) is 0.200. The third-order valence-electron chi connectivity index (χ3n) is 3.08. The largest absolute Gasteiger partial charge is 0.325 e. The van der Waals surface area contributed by atoms with Gasteiger partial charge in [0.25, 0.3) is 5.78 Å². The SMILES string of the molecule is Cc1cc(C)n2nc(SCC(=O)Nc3cc(Cl)cc(Cl)c3)nc2n1. The van der Waals surface area contributed by atoms with Gasteiger partial charge in [0, 0.05) is 27.1 Å². The van der Waals surface area contributed by atoms with Gasteiger partial charge in [-0.3, -0.25) is 4.79 Å². The highest BCUT2D eigenvalue weighted by atomic mass is 35.5. The normalized spacial score (nSPS) is 11.0. The van der Waals surface area contributed by atoms with E-state index in [0.717, 1.165) is 11.4 Å². The molecule has 124 valence electrons. The highest BCUT2D eigenvalue weighted by molar-refractivity contribution is 7.99. The van der Waals surface area contributed by atoms with Crippen LogP contribution in [0.4, 0.5) is 5.69 Å². The van der Waals surface area contributed by atoms with Gasteiger partial charge in [-0.05, 0) is 38.1 Å². The number of hydrogen-bond acceptors (Lipinski definition) is 5. The maximum atomic E-state index is 12.0. The van der Waals surface area contributed by atoms with Crippen molar-refractivity contribution in [1.29, 1.82) is 0 Å². The Hall–Kier alpha value is -1.83. The Morgan fingerprint density at radius 3 is 2.58 bits per heavy atom. The number of rotatable bonds is 4. The molecule has 0 saturated heterocycles. The summed E-state index contributed by atoms with van der Waals surface area (Å²) >= 11 is 13.1. The number of aromatic nitrogens is 4. The van der Waals surface area contributed by atoms with Gasteiger partial charge in [-0.1, -0.05) is 35.0 Å². The molecule has 0 spiro atoms. The van der Waals surface area contributed by atoms with Crippen molar-refractivity contribution in [3.05, 3.63) is 45.7 Å². The van der Waals surface area contributed by atoms with Crippen LogP contribution in [0.3, 0.4) is 0 Å². The van der Waals surface area contributed by atoms with Gasteiger partial charge in [0.15, 0.2) is 0 Å². The quantitative estimate of drug-likeness (QED) is 0.696. The minimum atomic E-state index is -0.196. The first-order valence-corrected chi connectivity index (χ1v) is 8.74. The Morgan fingerprint density at radius 2 is 1.88 bits per heavy atom. The summed E-state index contributed by atoms with van der Waals surface area (Å²) in [5.41, 5.74) is 2.36. The van der Waals surface area contributed by atoms with E-state index in [2.05, 4.69) is 20.4 Å². The highest BCUT2D eigenvalue weighted by Crippen LogP contribution is 2.23. The summed E-state index contributed by atoms with van der Waals surface area (Å²) < 4.78 is 1.66. The van der Waals surface area contributed by atoms with Crippen LogP contribution < -0.4 is 5.32 Å². The molecule has 24 heavy (non-hydrogen) atoms. The number of hydrogen-bond donors (Lipinski definition) is 1. The molecule has 0 bridgehead atoms. The van der Waals surface area contributed by atoms with Crippen LogP contribution in [-0.4, -0.2) is 31.2 Å². The molecule has 1 aromatic carbocycles. The number of nitrogens with one attached hydrogen (secondary N) is 1. The number of nitrogens with zero attached hydrogens (tertiary/aromatic N) is 4. The molecule has 9 heteroatoms. The van der Waals surface area contributed by atoms with Crippen molar-refractivity contribution < 1.29 is 4.79 Å². The number of halogens is 2. The molecule has 0 saturated carbocycles. The van der Waals surface area contributed by atoms with E-state index in [1.165, 1.54) is 11.8 Å². The molecule has 0 radical (unpaired) electrons. The molecule has 0 fully saturated rings. The Morgan fingerprint density at radius 1 is 1.17 bits per heavy atom. The van der Waals surface area contributed by atoms with Crippen molar-refractivity contribution >= 4 is 52.3 Å². The third-order valence-corrected chi connectivity index (χ3v) is 4.35. The van der Waals surface area contributed by atoms with Gasteiger partial charge in [0.1, 0.15) is 0 Å². The van der Waals surface area contributed by atoms with E-state index in [0.29, 0.717) is 26.7 Å². The summed E-state index contributed by atoms with van der Waals surface area (Å²) in [5.74, 6) is 0.494. The first-order chi connectivity index (χ1) is 11.4. The van der Waals surface area contributed by atoms with E-state index in [1.54, 1.807) is 22.7 Å². The molecule has 0 aliphatic rings. The summed E-state index contributed by atoms with van der Waals surface area (Å²) in [5, 5.41) is 8.51. The van der Waals surface area contributed by atoms with Crippen molar-refractivity contribution in [1.82, 2.24) is 19.6 Å². The number of aryl methyl sites for hydroxylation is 2. The van der Waals surface area contributed by atoms with Crippen LogP contribution in [0.5, 0.6) is 0 Å². The average molecular weight is 382 g/mol. The number of amides is 1. The highest BCUT2D eigenvalue weighted by Gasteiger charge is 2.11. The van der Waals surface area contributed by atoms with Crippen LogP contribution in [0.25, 0.3) is 5.78 Å². The molecule has 6 nitrogen and oxygen atoms in total. The summed E-state index contributed by atoms with van der Waals surface area (Å²) in [7, 11) is 0. The zero-order valence-corrected chi connectivity index (χ0v) is 15.2. The average Bonchev–Trinajstić information content (AvgIpc) is 2.87. The van der Waals surface area contributed by atoms with Gasteiger partial charge in [0.2, 0.25) is 11.1 Å². The molecule has 3 aromatic rings.